The van der Waals surface area contributed by atoms with Crippen molar-refractivity contribution in [3.05, 3.63) is 35.4 Å². The Morgan fingerprint density at radius 3 is 2.50 bits per heavy atom. The van der Waals surface area contributed by atoms with Crippen molar-refractivity contribution in [2.45, 2.75) is 39.0 Å². The molecule has 0 unspecified atom stereocenters. The molecule has 1 aromatic rings. The normalized spacial score (nSPS) is 14.3. The van der Waals surface area contributed by atoms with Crippen molar-refractivity contribution in [2.75, 3.05) is 47.3 Å². The summed E-state index contributed by atoms with van der Waals surface area (Å²) < 4.78 is 5.37. The smallest absolute Gasteiger partial charge is 0.410 e. The molecule has 0 bridgehead atoms. The van der Waals surface area contributed by atoms with E-state index in [2.05, 4.69) is 20.9 Å². The fourth-order valence-electron chi connectivity index (χ4n) is 2.94. The molecule has 1 fully saturated rings. The Labute approximate surface area is 208 Å². The number of nitrogens with zero attached hydrogens (tertiary/aromatic N) is 3. The third-order valence-corrected chi connectivity index (χ3v) is 4.59. The van der Waals surface area contributed by atoms with Crippen LogP contribution in [-0.4, -0.2) is 86.7 Å². The Balaban J connectivity index is 0.00000512. The Hall–Kier alpha value is -2.08. The summed E-state index contributed by atoms with van der Waals surface area (Å²) in [4.78, 5) is 32.3. The van der Waals surface area contributed by atoms with E-state index >= 15 is 0 Å². The van der Waals surface area contributed by atoms with Crippen LogP contribution in [0, 0.1) is 0 Å². The van der Waals surface area contributed by atoms with Gasteiger partial charge >= 0.3 is 6.09 Å². The van der Waals surface area contributed by atoms with Gasteiger partial charge in [-0.2, -0.15) is 0 Å². The van der Waals surface area contributed by atoms with E-state index in [1.54, 1.807) is 18.0 Å². The number of ether oxygens (including phenoxy) is 1. The summed E-state index contributed by atoms with van der Waals surface area (Å²) in [5, 5.41) is 9.48. The number of halogens is 1. The van der Waals surface area contributed by atoms with Gasteiger partial charge in [0.25, 0.3) is 5.91 Å². The lowest BCUT2D eigenvalue weighted by Gasteiger charge is -2.40. The molecule has 32 heavy (non-hydrogen) atoms. The van der Waals surface area contributed by atoms with Crippen molar-refractivity contribution in [2.24, 2.45) is 4.99 Å². The second-order valence-corrected chi connectivity index (χ2v) is 8.91. The molecule has 1 aromatic carbocycles. The van der Waals surface area contributed by atoms with Crippen molar-refractivity contribution < 1.29 is 14.3 Å². The van der Waals surface area contributed by atoms with Gasteiger partial charge in [0, 0.05) is 45.3 Å². The number of hydrogen-bond acceptors (Lipinski definition) is 5. The summed E-state index contributed by atoms with van der Waals surface area (Å²) in [5.74, 6) is 0.567. The first kappa shape index (κ1) is 28.0. The molecule has 0 saturated carbocycles. The Morgan fingerprint density at radius 2 is 1.91 bits per heavy atom. The highest BCUT2D eigenvalue weighted by atomic mass is 127. The molecule has 9 nitrogen and oxygen atoms in total. The second-order valence-electron chi connectivity index (χ2n) is 8.91. The van der Waals surface area contributed by atoms with Crippen LogP contribution in [0.2, 0.25) is 0 Å². The number of likely N-dealkylation sites (N-methyl/N-ethyl adjacent to an activating group) is 1. The molecule has 1 saturated heterocycles. The van der Waals surface area contributed by atoms with Crippen LogP contribution in [0.3, 0.4) is 0 Å². The van der Waals surface area contributed by atoms with E-state index in [-0.39, 0.29) is 42.0 Å². The molecule has 0 spiro atoms. The number of hydrogen-bond donors (Lipinski definition) is 3. The molecule has 1 heterocycles. The van der Waals surface area contributed by atoms with E-state index < -0.39 is 5.60 Å². The molecular weight excluding hydrogens is 523 g/mol. The third-order valence-electron chi connectivity index (χ3n) is 4.59. The van der Waals surface area contributed by atoms with Gasteiger partial charge in [-0.15, -0.1) is 24.0 Å². The minimum atomic E-state index is -0.495. The number of aliphatic imine (C=N–C) groups is 1. The maximum atomic E-state index is 12.3. The predicted octanol–water partition coefficient (Wildman–Crippen LogP) is 1.88. The summed E-state index contributed by atoms with van der Waals surface area (Å²) in [7, 11) is 5.64. The van der Waals surface area contributed by atoms with Gasteiger partial charge in [0.05, 0.1) is 6.04 Å². The molecule has 0 aliphatic carbocycles. The van der Waals surface area contributed by atoms with E-state index in [0.29, 0.717) is 37.7 Å². The number of likely N-dealkylation sites (tertiary alicyclic amines) is 1. The topological polar surface area (TPSA) is 98.3 Å². The van der Waals surface area contributed by atoms with Gasteiger partial charge in [0.2, 0.25) is 0 Å². The summed E-state index contributed by atoms with van der Waals surface area (Å²) in [5.41, 5.74) is 1.12. The number of amides is 2. The highest BCUT2D eigenvalue weighted by Gasteiger charge is 2.34. The monoisotopic (exact) mass is 560 g/mol. The lowest BCUT2D eigenvalue weighted by atomic mass is 10.1. The number of benzene rings is 1. The molecule has 180 valence electrons. The minimum absolute atomic E-state index is 0. The molecule has 2 amide bonds. The molecule has 0 radical (unpaired) electrons. The zero-order chi connectivity index (χ0) is 23.0. The highest BCUT2D eigenvalue weighted by molar-refractivity contribution is 14.0. The number of rotatable bonds is 7. The van der Waals surface area contributed by atoms with Crippen LogP contribution in [0.4, 0.5) is 4.79 Å². The maximum absolute atomic E-state index is 12.3. The van der Waals surface area contributed by atoms with Gasteiger partial charge in [-0.25, -0.2) is 4.79 Å². The molecule has 1 aliphatic heterocycles. The van der Waals surface area contributed by atoms with Crippen molar-refractivity contribution >= 4 is 41.9 Å². The largest absolute Gasteiger partial charge is 0.444 e. The van der Waals surface area contributed by atoms with Crippen molar-refractivity contribution in [3.8, 4) is 0 Å². The third kappa shape index (κ3) is 9.60. The number of carbonyl (C=O) groups is 2. The lowest BCUT2D eigenvalue weighted by Crippen LogP contribution is -2.63. The molecular formula is C22H37IN6O3. The Morgan fingerprint density at radius 1 is 1.22 bits per heavy atom. The first-order valence-electron chi connectivity index (χ1n) is 10.5. The molecule has 3 N–H and O–H groups in total. The van der Waals surface area contributed by atoms with Crippen LogP contribution in [-0.2, 0) is 11.3 Å². The van der Waals surface area contributed by atoms with Gasteiger partial charge in [-0.1, -0.05) is 12.1 Å². The average Bonchev–Trinajstić information content (AvgIpc) is 2.65. The van der Waals surface area contributed by atoms with E-state index in [0.717, 1.165) is 12.1 Å². The Bertz CT molecular complexity index is 788. The molecule has 1 aliphatic rings. The summed E-state index contributed by atoms with van der Waals surface area (Å²) in [6, 6.07) is 7.64. The van der Waals surface area contributed by atoms with Crippen LogP contribution < -0.4 is 16.0 Å². The highest BCUT2D eigenvalue weighted by Crippen LogP contribution is 2.15. The standard InChI is InChI=1S/C22H36N6O3.HI/c1-22(2,3)31-21(30)28-14-18(15-28)26-20(23-4)25-13-16-8-7-9-17(12-16)19(29)24-10-11-27(5)6;/h7-9,12,18H,10-11,13-15H2,1-6H3,(H,24,29)(H2,23,25,26);1H. The number of carbonyl (C=O) groups excluding carboxylic acids is 2. The first-order chi connectivity index (χ1) is 14.6. The van der Waals surface area contributed by atoms with Crippen LogP contribution in [0.15, 0.2) is 29.3 Å². The van der Waals surface area contributed by atoms with Crippen LogP contribution in [0.25, 0.3) is 0 Å². The second kappa shape index (κ2) is 12.8. The first-order valence-corrected chi connectivity index (χ1v) is 10.5. The van der Waals surface area contributed by atoms with Crippen molar-refractivity contribution in [1.29, 1.82) is 0 Å². The fourth-order valence-corrected chi connectivity index (χ4v) is 2.94. The summed E-state index contributed by atoms with van der Waals surface area (Å²) in [6.07, 6.45) is -0.297. The summed E-state index contributed by atoms with van der Waals surface area (Å²) >= 11 is 0. The van der Waals surface area contributed by atoms with Crippen LogP contribution >= 0.6 is 24.0 Å². The molecule has 0 aromatic heterocycles. The molecule has 0 atom stereocenters. The van der Waals surface area contributed by atoms with Gasteiger partial charge in [0.1, 0.15) is 5.60 Å². The molecule has 10 heteroatoms. The zero-order valence-corrected chi connectivity index (χ0v) is 22.2. The van der Waals surface area contributed by atoms with Gasteiger partial charge < -0.3 is 30.5 Å². The van der Waals surface area contributed by atoms with E-state index in [1.807, 2.05) is 58.0 Å². The van der Waals surface area contributed by atoms with Gasteiger partial charge in [-0.05, 0) is 52.6 Å². The zero-order valence-electron chi connectivity index (χ0n) is 19.9. The average molecular weight is 560 g/mol. The van der Waals surface area contributed by atoms with Gasteiger partial charge in [-0.3, -0.25) is 9.79 Å². The van der Waals surface area contributed by atoms with E-state index in [1.165, 1.54) is 0 Å². The van der Waals surface area contributed by atoms with Crippen molar-refractivity contribution in [1.82, 2.24) is 25.8 Å². The SMILES string of the molecule is CN=C(NCc1cccc(C(=O)NCCN(C)C)c1)NC1CN(C(=O)OC(C)(C)C)C1.I. The number of guanidine groups is 1. The summed E-state index contributed by atoms with van der Waals surface area (Å²) in [6.45, 7) is 8.63. The maximum Gasteiger partial charge on any atom is 0.410 e. The van der Waals surface area contributed by atoms with Gasteiger partial charge in [0.15, 0.2) is 5.96 Å². The van der Waals surface area contributed by atoms with E-state index in [4.69, 9.17) is 4.74 Å². The Kier molecular flexibility index (Phi) is 11.2. The van der Waals surface area contributed by atoms with Crippen molar-refractivity contribution in [3.63, 3.8) is 0 Å². The van der Waals surface area contributed by atoms with Crippen LogP contribution in [0.1, 0.15) is 36.7 Å². The lowest BCUT2D eigenvalue weighted by molar-refractivity contribution is 0.00700. The van der Waals surface area contributed by atoms with E-state index in [9.17, 15) is 9.59 Å². The number of nitrogens with one attached hydrogen (secondary N) is 3. The molecule has 2 rings (SSSR count). The predicted molar refractivity (Wildman–Crippen MR) is 138 cm³/mol. The van der Waals surface area contributed by atoms with Crippen LogP contribution in [0.5, 0.6) is 0 Å². The fraction of sp³-hybridized carbons (Fsp3) is 0.591. The quantitative estimate of drug-likeness (QED) is 0.268. The minimum Gasteiger partial charge on any atom is -0.444 e.